The fourth-order valence-electron chi connectivity index (χ4n) is 2.25. The first kappa shape index (κ1) is 18.4. The van der Waals surface area contributed by atoms with Crippen molar-refractivity contribution < 1.29 is 22.8 Å². The molecule has 0 aliphatic heterocycles. The third kappa shape index (κ3) is 3.45. The van der Waals surface area contributed by atoms with Crippen molar-refractivity contribution in [3.8, 4) is 0 Å². The molecular formula is C16H8BrClF3N3O2. The van der Waals surface area contributed by atoms with Crippen LogP contribution in [0.5, 0.6) is 0 Å². The van der Waals surface area contributed by atoms with Crippen LogP contribution in [-0.2, 0) is 4.79 Å². The quantitative estimate of drug-likeness (QED) is 0.624. The van der Waals surface area contributed by atoms with Crippen LogP contribution in [0.25, 0.3) is 11.0 Å². The lowest BCUT2D eigenvalue weighted by molar-refractivity contribution is -0.167. The van der Waals surface area contributed by atoms with Gasteiger partial charge in [0.05, 0.1) is 5.52 Å². The summed E-state index contributed by atoms with van der Waals surface area (Å²) in [6, 6.07) is 10.5. The van der Waals surface area contributed by atoms with Crippen LogP contribution in [0.4, 0.5) is 19.1 Å². The highest BCUT2D eigenvalue weighted by Gasteiger charge is 2.40. The van der Waals surface area contributed by atoms with Gasteiger partial charge in [-0.15, -0.1) is 0 Å². The van der Waals surface area contributed by atoms with Gasteiger partial charge in [0.2, 0.25) is 5.95 Å². The topological polar surface area (TPSA) is 64.0 Å². The number of aromatic nitrogens is 2. The van der Waals surface area contributed by atoms with E-state index in [1.165, 1.54) is 30.3 Å². The molecule has 1 N–H and O–H groups in total. The number of rotatable bonds is 2. The van der Waals surface area contributed by atoms with Crippen molar-refractivity contribution in [1.82, 2.24) is 9.55 Å². The zero-order chi connectivity index (χ0) is 19.1. The number of imidazole rings is 1. The standard InChI is InChI=1S/C16H8BrClF3N3O2/c17-10-2-1-3-11-12(10)22-15(23-14(26)16(19,20)21)24(11)13(25)8-4-6-9(18)7-5-8/h1-7H,(H,22,23,26). The minimum absolute atomic E-state index is 0.163. The molecule has 0 fully saturated rings. The molecule has 0 aliphatic carbocycles. The second-order valence-corrected chi connectivity index (χ2v) is 6.43. The van der Waals surface area contributed by atoms with Gasteiger partial charge in [0.15, 0.2) is 0 Å². The number of nitrogens with one attached hydrogen (secondary N) is 1. The van der Waals surface area contributed by atoms with Gasteiger partial charge in [0.1, 0.15) is 5.52 Å². The fraction of sp³-hybridized carbons (Fsp3) is 0.0625. The second-order valence-electron chi connectivity index (χ2n) is 5.14. The molecule has 0 bridgehead atoms. The Morgan fingerprint density at radius 2 is 1.77 bits per heavy atom. The Morgan fingerprint density at radius 3 is 2.38 bits per heavy atom. The number of alkyl halides is 3. The monoisotopic (exact) mass is 445 g/mol. The average Bonchev–Trinajstić information content (AvgIpc) is 2.93. The molecule has 0 aliphatic rings. The van der Waals surface area contributed by atoms with Crippen molar-refractivity contribution in [3.05, 3.63) is 57.5 Å². The van der Waals surface area contributed by atoms with Gasteiger partial charge in [0, 0.05) is 15.1 Å². The number of fused-ring (bicyclic) bond motifs is 1. The molecule has 1 amide bonds. The van der Waals surface area contributed by atoms with E-state index in [1.54, 1.807) is 17.4 Å². The maximum absolute atomic E-state index is 12.8. The molecule has 0 unspecified atom stereocenters. The minimum atomic E-state index is -5.12. The summed E-state index contributed by atoms with van der Waals surface area (Å²) in [6.45, 7) is 0. The SMILES string of the molecule is O=C(c1ccc(Cl)cc1)n1c(NC(=O)C(F)(F)F)nc2c(Br)cccc21. The number of amides is 1. The molecule has 5 nitrogen and oxygen atoms in total. The van der Waals surface area contributed by atoms with Crippen molar-refractivity contribution in [1.29, 1.82) is 0 Å². The number of carbonyl (C=O) groups excluding carboxylic acids is 2. The van der Waals surface area contributed by atoms with Crippen LogP contribution >= 0.6 is 27.5 Å². The first-order chi connectivity index (χ1) is 12.2. The molecular weight excluding hydrogens is 439 g/mol. The van der Waals surface area contributed by atoms with Gasteiger partial charge < -0.3 is 0 Å². The predicted molar refractivity (Wildman–Crippen MR) is 93.3 cm³/mol. The summed E-state index contributed by atoms with van der Waals surface area (Å²) in [5.41, 5.74) is 0.625. The molecule has 26 heavy (non-hydrogen) atoms. The smallest absolute Gasteiger partial charge is 0.288 e. The first-order valence-corrected chi connectivity index (χ1v) is 8.21. The largest absolute Gasteiger partial charge is 0.471 e. The highest BCUT2D eigenvalue weighted by molar-refractivity contribution is 9.10. The Kier molecular flexibility index (Phi) is 4.76. The number of benzene rings is 2. The highest BCUT2D eigenvalue weighted by Crippen LogP contribution is 2.28. The van der Waals surface area contributed by atoms with E-state index in [9.17, 15) is 22.8 Å². The third-order valence-corrected chi connectivity index (χ3v) is 4.30. The Balaban J connectivity index is 2.16. The summed E-state index contributed by atoms with van der Waals surface area (Å²) in [5.74, 6) is -3.43. The van der Waals surface area contributed by atoms with E-state index >= 15 is 0 Å². The van der Waals surface area contributed by atoms with Gasteiger partial charge >= 0.3 is 12.1 Å². The molecule has 0 spiro atoms. The van der Waals surface area contributed by atoms with Crippen LogP contribution in [0.15, 0.2) is 46.9 Å². The molecule has 0 atom stereocenters. The van der Waals surface area contributed by atoms with Crippen molar-refractivity contribution in [2.75, 3.05) is 5.32 Å². The molecule has 2 aromatic carbocycles. The minimum Gasteiger partial charge on any atom is -0.288 e. The Hall–Kier alpha value is -2.39. The molecule has 1 heterocycles. The fourth-order valence-corrected chi connectivity index (χ4v) is 2.82. The molecule has 0 saturated heterocycles. The van der Waals surface area contributed by atoms with Crippen LogP contribution in [0.2, 0.25) is 5.02 Å². The van der Waals surface area contributed by atoms with Crippen LogP contribution in [0.3, 0.4) is 0 Å². The summed E-state index contributed by atoms with van der Waals surface area (Å²) in [4.78, 5) is 28.1. The number of anilines is 1. The predicted octanol–water partition coefficient (Wildman–Crippen LogP) is 4.64. The van der Waals surface area contributed by atoms with E-state index in [0.29, 0.717) is 9.50 Å². The molecule has 0 radical (unpaired) electrons. The average molecular weight is 447 g/mol. The van der Waals surface area contributed by atoms with E-state index in [1.807, 2.05) is 0 Å². The van der Waals surface area contributed by atoms with Gasteiger partial charge in [-0.3, -0.25) is 14.9 Å². The Labute approximate surface area is 157 Å². The number of carbonyl (C=O) groups is 2. The lowest BCUT2D eigenvalue weighted by Crippen LogP contribution is -2.32. The van der Waals surface area contributed by atoms with E-state index in [-0.39, 0.29) is 16.6 Å². The number of halogens is 5. The van der Waals surface area contributed by atoms with Crippen molar-refractivity contribution in [2.45, 2.75) is 6.18 Å². The number of hydrogen-bond donors (Lipinski definition) is 1. The van der Waals surface area contributed by atoms with Crippen LogP contribution in [-0.4, -0.2) is 27.5 Å². The zero-order valence-corrected chi connectivity index (χ0v) is 15.0. The van der Waals surface area contributed by atoms with E-state index in [2.05, 4.69) is 20.9 Å². The van der Waals surface area contributed by atoms with E-state index < -0.39 is 23.9 Å². The maximum Gasteiger partial charge on any atom is 0.471 e. The summed E-state index contributed by atoms with van der Waals surface area (Å²) < 4.78 is 39.2. The summed E-state index contributed by atoms with van der Waals surface area (Å²) in [6.07, 6.45) is -5.12. The lowest BCUT2D eigenvalue weighted by atomic mass is 10.2. The maximum atomic E-state index is 12.8. The zero-order valence-electron chi connectivity index (χ0n) is 12.6. The van der Waals surface area contributed by atoms with Gasteiger partial charge in [0.25, 0.3) is 5.91 Å². The van der Waals surface area contributed by atoms with Gasteiger partial charge in [-0.05, 0) is 52.3 Å². The van der Waals surface area contributed by atoms with E-state index in [4.69, 9.17) is 11.6 Å². The summed E-state index contributed by atoms with van der Waals surface area (Å²) >= 11 is 9.01. The Bertz CT molecular complexity index is 1020. The highest BCUT2D eigenvalue weighted by atomic mass is 79.9. The Morgan fingerprint density at radius 1 is 1.12 bits per heavy atom. The normalized spacial score (nSPS) is 11.6. The molecule has 1 aromatic heterocycles. The molecule has 0 saturated carbocycles. The first-order valence-electron chi connectivity index (χ1n) is 7.04. The molecule has 134 valence electrons. The summed E-state index contributed by atoms with van der Waals surface area (Å²) in [7, 11) is 0. The van der Waals surface area contributed by atoms with Gasteiger partial charge in [-0.25, -0.2) is 9.55 Å². The van der Waals surface area contributed by atoms with Crippen molar-refractivity contribution >= 4 is 56.3 Å². The van der Waals surface area contributed by atoms with Gasteiger partial charge in [-0.1, -0.05) is 17.7 Å². The van der Waals surface area contributed by atoms with Crippen LogP contribution in [0.1, 0.15) is 10.4 Å². The van der Waals surface area contributed by atoms with Crippen molar-refractivity contribution in [3.63, 3.8) is 0 Å². The lowest BCUT2D eigenvalue weighted by Gasteiger charge is -2.10. The molecule has 3 rings (SSSR count). The van der Waals surface area contributed by atoms with Crippen molar-refractivity contribution in [2.24, 2.45) is 0 Å². The van der Waals surface area contributed by atoms with Crippen LogP contribution < -0.4 is 5.32 Å². The number of nitrogens with zero attached hydrogens (tertiary/aromatic N) is 2. The summed E-state index contributed by atoms with van der Waals surface area (Å²) in [5, 5.41) is 2.04. The second kappa shape index (κ2) is 6.73. The third-order valence-electron chi connectivity index (χ3n) is 3.41. The van der Waals surface area contributed by atoms with Gasteiger partial charge in [-0.2, -0.15) is 13.2 Å². The number of para-hydroxylation sites is 1. The molecule has 10 heteroatoms. The molecule has 3 aromatic rings. The van der Waals surface area contributed by atoms with Crippen LogP contribution in [0, 0.1) is 0 Å². The number of hydrogen-bond acceptors (Lipinski definition) is 3. The van der Waals surface area contributed by atoms with E-state index in [0.717, 1.165) is 4.57 Å².